The zero-order valence-corrected chi connectivity index (χ0v) is 15.6. The number of rotatable bonds is 7. The van der Waals surface area contributed by atoms with Gasteiger partial charge >= 0.3 is 6.03 Å². The van der Waals surface area contributed by atoms with Gasteiger partial charge in [0, 0.05) is 29.9 Å². The van der Waals surface area contributed by atoms with E-state index in [1.807, 2.05) is 13.8 Å². The number of urea groups is 1. The Morgan fingerprint density at radius 3 is 2.08 bits per heavy atom. The number of anilines is 1. The van der Waals surface area contributed by atoms with Crippen LogP contribution >= 0.6 is 12.4 Å². The van der Waals surface area contributed by atoms with E-state index in [4.69, 9.17) is 5.73 Å². The molecule has 1 unspecified atom stereocenters. The number of nitrogens with one attached hydrogen (secondary N) is 3. The first kappa shape index (κ1) is 22.2. The van der Waals surface area contributed by atoms with Gasteiger partial charge in [0.2, 0.25) is 0 Å². The Kier molecular flexibility index (Phi) is 10.1. The Morgan fingerprint density at radius 1 is 1.04 bits per heavy atom. The number of hydrogen-bond acceptors (Lipinski definition) is 3. The smallest absolute Gasteiger partial charge is 0.319 e. The lowest BCUT2D eigenvalue weighted by atomic mass is 10.0. The third-order valence-corrected chi connectivity index (χ3v) is 3.20. The number of hydrogen-bond donors (Lipinski definition) is 4. The molecular weight excluding hydrogens is 328 g/mol. The van der Waals surface area contributed by atoms with E-state index in [1.165, 1.54) is 0 Å². The minimum Gasteiger partial charge on any atom is -0.348 e. The fraction of sp³-hybridized carbons (Fsp3) is 0.529. The van der Waals surface area contributed by atoms with Crippen molar-refractivity contribution in [1.29, 1.82) is 0 Å². The van der Waals surface area contributed by atoms with Gasteiger partial charge < -0.3 is 21.7 Å². The summed E-state index contributed by atoms with van der Waals surface area (Å²) in [5.41, 5.74) is 6.88. The van der Waals surface area contributed by atoms with Crippen molar-refractivity contribution in [2.24, 2.45) is 11.7 Å². The topological polar surface area (TPSA) is 96.2 Å². The molecule has 0 aliphatic rings. The molecule has 0 aromatic heterocycles. The minimum absolute atomic E-state index is 0. The largest absolute Gasteiger partial charge is 0.348 e. The van der Waals surface area contributed by atoms with E-state index in [0.29, 0.717) is 23.7 Å². The molecule has 0 bridgehead atoms. The van der Waals surface area contributed by atoms with Crippen molar-refractivity contribution in [2.75, 3.05) is 11.9 Å². The third-order valence-electron chi connectivity index (χ3n) is 3.20. The lowest BCUT2D eigenvalue weighted by Crippen LogP contribution is -2.41. The summed E-state index contributed by atoms with van der Waals surface area (Å²) in [4.78, 5) is 23.8. The Balaban J connectivity index is 0.00000529. The van der Waals surface area contributed by atoms with Gasteiger partial charge in [0.05, 0.1) is 0 Å². The van der Waals surface area contributed by atoms with Crippen LogP contribution in [0.4, 0.5) is 10.5 Å². The third kappa shape index (κ3) is 8.17. The van der Waals surface area contributed by atoms with Crippen LogP contribution in [-0.2, 0) is 0 Å². The number of benzene rings is 1. The molecule has 0 radical (unpaired) electrons. The molecular formula is C17H29ClN4O2. The van der Waals surface area contributed by atoms with Gasteiger partial charge in [0.15, 0.2) is 0 Å². The molecule has 0 heterocycles. The van der Waals surface area contributed by atoms with Crippen molar-refractivity contribution in [2.45, 2.75) is 46.2 Å². The number of amides is 3. The molecule has 0 aliphatic heterocycles. The maximum absolute atomic E-state index is 12.2. The van der Waals surface area contributed by atoms with Gasteiger partial charge in [-0.1, -0.05) is 13.8 Å². The van der Waals surface area contributed by atoms with E-state index < -0.39 is 0 Å². The summed E-state index contributed by atoms with van der Waals surface area (Å²) >= 11 is 0. The Bertz CT molecular complexity index is 518. The van der Waals surface area contributed by atoms with Gasteiger partial charge in [-0.2, -0.15) is 0 Å². The molecule has 0 aliphatic carbocycles. The summed E-state index contributed by atoms with van der Waals surface area (Å²) in [6.45, 7) is 8.38. The highest BCUT2D eigenvalue weighted by Crippen LogP contribution is 2.11. The molecule has 0 saturated heterocycles. The van der Waals surface area contributed by atoms with Crippen molar-refractivity contribution < 1.29 is 9.59 Å². The number of carbonyl (C=O) groups is 2. The lowest BCUT2D eigenvalue weighted by Gasteiger charge is -2.19. The van der Waals surface area contributed by atoms with Gasteiger partial charge in [-0.15, -0.1) is 12.4 Å². The fourth-order valence-electron chi connectivity index (χ4n) is 2.19. The molecule has 0 saturated carbocycles. The maximum Gasteiger partial charge on any atom is 0.319 e. The average molecular weight is 357 g/mol. The number of carbonyl (C=O) groups excluding carboxylic acids is 2. The zero-order valence-electron chi connectivity index (χ0n) is 14.8. The standard InChI is InChI=1S/C17H28N4O2.ClH/c1-11(2)9-15(10-18)20-16(22)13-5-7-14(8-6-13)21-17(23)19-12(3)4;/h5-8,11-12,15H,9-10,18H2,1-4H3,(H,20,22)(H2,19,21,23);1H. The highest BCUT2D eigenvalue weighted by atomic mass is 35.5. The van der Waals surface area contributed by atoms with E-state index in [9.17, 15) is 9.59 Å². The van der Waals surface area contributed by atoms with Crippen molar-refractivity contribution in [3.63, 3.8) is 0 Å². The second kappa shape index (κ2) is 10.9. The van der Waals surface area contributed by atoms with E-state index in [0.717, 1.165) is 6.42 Å². The summed E-state index contributed by atoms with van der Waals surface area (Å²) in [7, 11) is 0. The second-order valence-electron chi connectivity index (χ2n) is 6.37. The first-order chi connectivity index (χ1) is 10.8. The maximum atomic E-state index is 12.2. The Hall–Kier alpha value is -1.79. The second-order valence-corrected chi connectivity index (χ2v) is 6.37. The highest BCUT2D eigenvalue weighted by Gasteiger charge is 2.14. The van der Waals surface area contributed by atoms with Crippen LogP contribution in [0.15, 0.2) is 24.3 Å². The van der Waals surface area contributed by atoms with E-state index in [-0.39, 0.29) is 36.4 Å². The summed E-state index contributed by atoms with van der Waals surface area (Å²) in [6, 6.07) is 6.54. The van der Waals surface area contributed by atoms with Crippen LogP contribution in [0.5, 0.6) is 0 Å². The fourth-order valence-corrected chi connectivity index (χ4v) is 2.19. The van der Waals surface area contributed by atoms with Gasteiger partial charge in [0.1, 0.15) is 0 Å². The van der Waals surface area contributed by atoms with Crippen molar-refractivity contribution in [1.82, 2.24) is 10.6 Å². The normalized spacial score (nSPS) is 11.6. The quantitative estimate of drug-likeness (QED) is 0.604. The van der Waals surface area contributed by atoms with Crippen LogP contribution in [0.2, 0.25) is 0 Å². The SMILES string of the molecule is CC(C)CC(CN)NC(=O)c1ccc(NC(=O)NC(C)C)cc1.Cl. The molecule has 1 aromatic carbocycles. The van der Waals surface area contributed by atoms with Crippen molar-refractivity contribution >= 4 is 30.0 Å². The van der Waals surface area contributed by atoms with Gasteiger partial charge in [-0.05, 0) is 50.5 Å². The van der Waals surface area contributed by atoms with Gasteiger partial charge in [0.25, 0.3) is 5.91 Å². The van der Waals surface area contributed by atoms with Crippen LogP contribution in [0, 0.1) is 5.92 Å². The number of nitrogens with two attached hydrogens (primary N) is 1. The van der Waals surface area contributed by atoms with Gasteiger partial charge in [-0.3, -0.25) is 4.79 Å². The average Bonchev–Trinajstić information content (AvgIpc) is 2.45. The van der Waals surface area contributed by atoms with Crippen LogP contribution < -0.4 is 21.7 Å². The molecule has 1 rings (SSSR count). The van der Waals surface area contributed by atoms with Crippen LogP contribution in [0.25, 0.3) is 0 Å². The van der Waals surface area contributed by atoms with Crippen LogP contribution in [0.1, 0.15) is 44.5 Å². The van der Waals surface area contributed by atoms with E-state index in [2.05, 4.69) is 29.8 Å². The summed E-state index contributed by atoms with van der Waals surface area (Å²) in [5, 5.41) is 8.39. The summed E-state index contributed by atoms with van der Waals surface area (Å²) < 4.78 is 0. The van der Waals surface area contributed by atoms with Crippen molar-refractivity contribution in [3.05, 3.63) is 29.8 Å². The van der Waals surface area contributed by atoms with E-state index >= 15 is 0 Å². The molecule has 5 N–H and O–H groups in total. The number of halogens is 1. The first-order valence-electron chi connectivity index (χ1n) is 8.00. The molecule has 136 valence electrons. The van der Waals surface area contributed by atoms with E-state index in [1.54, 1.807) is 24.3 Å². The molecule has 0 spiro atoms. The predicted octanol–water partition coefficient (Wildman–Crippen LogP) is 2.74. The lowest BCUT2D eigenvalue weighted by molar-refractivity contribution is 0.0934. The zero-order chi connectivity index (χ0) is 17.4. The predicted molar refractivity (Wildman–Crippen MR) is 101 cm³/mol. The van der Waals surface area contributed by atoms with Crippen LogP contribution in [0.3, 0.4) is 0 Å². The molecule has 3 amide bonds. The summed E-state index contributed by atoms with van der Waals surface area (Å²) in [5.74, 6) is 0.314. The minimum atomic E-state index is -0.266. The molecule has 1 aromatic rings. The molecule has 6 nitrogen and oxygen atoms in total. The highest BCUT2D eigenvalue weighted by molar-refractivity contribution is 5.95. The monoisotopic (exact) mass is 356 g/mol. The first-order valence-corrected chi connectivity index (χ1v) is 8.00. The molecule has 0 fully saturated rings. The molecule has 24 heavy (non-hydrogen) atoms. The molecule has 7 heteroatoms. The van der Waals surface area contributed by atoms with Gasteiger partial charge in [-0.25, -0.2) is 4.79 Å². The Morgan fingerprint density at radius 2 is 1.62 bits per heavy atom. The van der Waals surface area contributed by atoms with Crippen LogP contribution in [-0.4, -0.2) is 30.6 Å². The Labute approximate surface area is 150 Å². The van der Waals surface area contributed by atoms with Crippen molar-refractivity contribution in [3.8, 4) is 0 Å². The molecule has 1 atom stereocenters. The summed E-state index contributed by atoms with van der Waals surface area (Å²) in [6.07, 6.45) is 0.844.